The molecule has 14 N–H and O–H groups in total. The van der Waals surface area contributed by atoms with Crippen LogP contribution in [-0.4, -0.2) is 150 Å². The number of carbonyl (C=O) groups excluding carboxylic acids is 10. The lowest BCUT2D eigenvalue weighted by Crippen LogP contribution is -2.59. The Bertz CT molecular complexity index is 2350. The number of nitrogens with two attached hydrogens (primary N) is 1. The zero-order chi connectivity index (χ0) is 59.8. The molecule has 27 nitrogen and oxygen atoms in total. The molecule has 444 valence electrons. The number of carboxylic acid groups (broad SMARTS) is 2. The van der Waals surface area contributed by atoms with Gasteiger partial charge < -0.3 is 63.8 Å². The summed E-state index contributed by atoms with van der Waals surface area (Å²) in [6, 6.07) is -3.69. The number of hydrogen-bond donors (Lipinski definition) is 13. The summed E-state index contributed by atoms with van der Waals surface area (Å²) in [7, 11) is -4.47. The Morgan fingerprint density at radius 3 is 1.54 bits per heavy atom. The maximum absolute atomic E-state index is 13.4. The molecule has 10 amide bonds. The van der Waals surface area contributed by atoms with Crippen LogP contribution in [0, 0.1) is 11.8 Å². The third kappa shape index (κ3) is 29.4. The molecule has 1 rings (SSSR count). The Morgan fingerprint density at radius 2 is 1.03 bits per heavy atom. The molecule has 0 unspecified atom stereocenters. The first-order chi connectivity index (χ1) is 37.1. The number of amides is 10. The zero-order valence-electron chi connectivity index (χ0n) is 45.9. The highest BCUT2D eigenvalue weighted by Gasteiger charge is 2.33. The van der Waals surface area contributed by atoms with E-state index in [-0.39, 0.29) is 49.6 Å². The van der Waals surface area contributed by atoms with Crippen LogP contribution in [0.4, 0.5) is 0 Å². The van der Waals surface area contributed by atoms with Gasteiger partial charge in [0.05, 0.1) is 24.4 Å². The van der Waals surface area contributed by atoms with Crippen molar-refractivity contribution in [2.75, 3.05) is 19.6 Å². The van der Waals surface area contributed by atoms with Gasteiger partial charge in [0, 0.05) is 24.9 Å². The number of carbonyl (C=O) groups is 12. The van der Waals surface area contributed by atoms with Gasteiger partial charge in [-0.3, -0.25) is 62.1 Å². The smallest absolute Gasteiger partial charge is 0.305 e. The largest absolute Gasteiger partial charge is 0.481 e. The van der Waals surface area contributed by atoms with E-state index in [1.165, 1.54) is 44.7 Å². The monoisotopic (exact) mass is 1140 g/mol. The minimum Gasteiger partial charge on any atom is -0.481 e. The van der Waals surface area contributed by atoms with E-state index in [0.717, 1.165) is 37.8 Å². The summed E-state index contributed by atoms with van der Waals surface area (Å²) >= 11 is 0. The van der Waals surface area contributed by atoms with Gasteiger partial charge in [-0.2, -0.15) is 8.42 Å². The van der Waals surface area contributed by atoms with Gasteiger partial charge in [0.2, 0.25) is 53.2 Å². The number of carboxylic acids is 2. The molecule has 28 heteroatoms. The number of nitrogens with one attached hydrogen (secondary N) is 9. The van der Waals surface area contributed by atoms with Crippen molar-refractivity contribution in [1.82, 2.24) is 47.9 Å². The number of primary amides is 1. The van der Waals surface area contributed by atoms with Crippen LogP contribution < -0.4 is 53.6 Å². The summed E-state index contributed by atoms with van der Waals surface area (Å²) in [5.41, 5.74) is 5.53. The lowest BCUT2D eigenvalue weighted by Gasteiger charge is -2.28. The van der Waals surface area contributed by atoms with Crippen LogP contribution in [0.15, 0.2) is 29.2 Å². The van der Waals surface area contributed by atoms with E-state index >= 15 is 0 Å². The van der Waals surface area contributed by atoms with E-state index in [2.05, 4.69) is 54.8 Å². The molecule has 0 fully saturated rings. The zero-order valence-corrected chi connectivity index (χ0v) is 46.7. The molecule has 79 heavy (non-hydrogen) atoms. The molecule has 6 atom stereocenters. The molecular formula is C51H82N10O17S. The van der Waals surface area contributed by atoms with Crippen LogP contribution in [0.5, 0.6) is 0 Å². The second-order valence-electron chi connectivity index (χ2n) is 19.7. The summed E-state index contributed by atoms with van der Waals surface area (Å²) in [6.07, 6.45) is 8.15. The quantitative estimate of drug-likeness (QED) is 0.0305. The summed E-state index contributed by atoms with van der Waals surface area (Å²) in [5, 5.41) is 40.3. The number of aliphatic carboxylic acids is 2. The Balaban J connectivity index is 2.78. The van der Waals surface area contributed by atoms with Crippen LogP contribution in [0.3, 0.4) is 0 Å². The normalized spacial score (nSPS) is 13.5. The van der Waals surface area contributed by atoms with Gasteiger partial charge in [0.15, 0.2) is 0 Å². The van der Waals surface area contributed by atoms with Crippen molar-refractivity contribution >= 4 is 81.1 Å². The van der Waals surface area contributed by atoms with Crippen LogP contribution in [0.2, 0.25) is 0 Å². The molecule has 0 heterocycles. The fraction of sp³-hybridized carbons (Fsp3) is 0.647. The summed E-state index contributed by atoms with van der Waals surface area (Å²) in [4.78, 5) is 152. The van der Waals surface area contributed by atoms with Gasteiger partial charge in [0.25, 0.3) is 16.0 Å². The molecule has 1 aromatic carbocycles. The molecule has 0 aromatic heterocycles. The first-order valence-corrected chi connectivity index (χ1v) is 27.9. The predicted octanol–water partition coefficient (Wildman–Crippen LogP) is 0.0522. The minimum absolute atomic E-state index is 0.0623. The maximum atomic E-state index is 13.4. The number of hydrogen-bond acceptors (Lipinski definition) is 14. The Kier molecular flexibility index (Phi) is 32.5. The van der Waals surface area contributed by atoms with Crippen molar-refractivity contribution in [3.63, 3.8) is 0 Å². The molecular weight excluding hydrogens is 1060 g/mol. The van der Waals surface area contributed by atoms with Gasteiger partial charge >= 0.3 is 11.9 Å². The standard InChI is InChI=1S/C51H82N10O17S/c1-7-8-9-10-11-12-13-14-15-19-38(62)60-43(30(2)3)51(75)61-44(31(4)5)50(74)56-32(6)46(70)54-28-39(63)57-36(24-25-41(65)66)48(72)55-29-40(64)58-37(27-42(67)68)49(73)59-35(45(52)69)18-16-17-26-53-47(71)33-20-22-34(23-21-33)79(76,77)78/h20-23,30-32,35-37,43-44H,7-19,24-29H2,1-6H3,(H2,52,69)(H,53,71)(H,54,70)(H,55,72)(H,56,74)(H,57,63)(H,58,64)(H,59,73)(H,60,62)(H,61,75)(H,65,66)(H,67,68)(H,76,77,78)/t32-,35-,36-,37-,43-,44-/m0/s1. The molecule has 0 aliphatic rings. The summed E-state index contributed by atoms with van der Waals surface area (Å²) in [6.45, 7) is 8.68. The van der Waals surface area contributed by atoms with Gasteiger partial charge in [0.1, 0.15) is 36.3 Å². The van der Waals surface area contributed by atoms with Crippen molar-refractivity contribution in [1.29, 1.82) is 0 Å². The molecule has 0 aliphatic heterocycles. The van der Waals surface area contributed by atoms with E-state index in [9.17, 15) is 76.2 Å². The third-order valence-corrected chi connectivity index (χ3v) is 13.1. The molecule has 0 spiro atoms. The lowest BCUT2D eigenvalue weighted by molar-refractivity contribution is -0.141. The van der Waals surface area contributed by atoms with Crippen molar-refractivity contribution in [2.24, 2.45) is 17.6 Å². The van der Waals surface area contributed by atoms with Crippen molar-refractivity contribution in [3.8, 4) is 0 Å². The summed E-state index contributed by atoms with van der Waals surface area (Å²) < 4.78 is 31.6. The fourth-order valence-electron chi connectivity index (χ4n) is 7.66. The summed E-state index contributed by atoms with van der Waals surface area (Å²) in [5.74, 6) is -12.1. The van der Waals surface area contributed by atoms with E-state index in [1.54, 1.807) is 27.7 Å². The second-order valence-corrected chi connectivity index (χ2v) is 21.2. The van der Waals surface area contributed by atoms with Gasteiger partial charge in [-0.05, 0) is 75.1 Å². The average molecular weight is 1140 g/mol. The van der Waals surface area contributed by atoms with E-state index in [1.807, 2.05) is 0 Å². The molecule has 0 radical (unpaired) electrons. The molecule has 1 aromatic rings. The second kappa shape index (κ2) is 36.8. The fourth-order valence-corrected chi connectivity index (χ4v) is 8.14. The minimum atomic E-state index is -4.47. The van der Waals surface area contributed by atoms with E-state index < -0.39 is 155 Å². The Hall–Kier alpha value is -7.23. The highest BCUT2D eigenvalue weighted by Crippen LogP contribution is 2.13. The lowest BCUT2D eigenvalue weighted by atomic mass is 9.99. The highest BCUT2D eigenvalue weighted by atomic mass is 32.2. The van der Waals surface area contributed by atoms with Crippen molar-refractivity contribution < 1.29 is 80.7 Å². The SMILES string of the molecule is CCCCCCCCCCCC(=O)N[C@H](C(=O)N[C@H](C(=O)N[C@@H](C)C(=O)NCC(=O)N[C@@H](CCC(=O)O)C(=O)NCC(=O)N[C@@H](CC(=O)O)C(=O)N[C@@H](CCCCNC(=O)c1ccc(S(=O)(=O)O)cc1)C(N)=O)C(C)C)C(C)C. The van der Waals surface area contributed by atoms with E-state index in [4.69, 9.17) is 10.3 Å². The van der Waals surface area contributed by atoms with Crippen LogP contribution >= 0.6 is 0 Å². The van der Waals surface area contributed by atoms with Gasteiger partial charge in [-0.1, -0.05) is 86.0 Å². The van der Waals surface area contributed by atoms with Crippen molar-refractivity contribution in [2.45, 2.75) is 185 Å². The van der Waals surface area contributed by atoms with Crippen molar-refractivity contribution in [3.05, 3.63) is 29.8 Å². The number of rotatable bonds is 40. The van der Waals surface area contributed by atoms with Crippen LogP contribution in [0.1, 0.15) is 155 Å². The van der Waals surface area contributed by atoms with Crippen LogP contribution in [-0.2, 0) is 62.9 Å². The Morgan fingerprint density at radius 1 is 0.506 bits per heavy atom. The predicted molar refractivity (Wildman–Crippen MR) is 286 cm³/mol. The Labute approximate surface area is 460 Å². The number of unbranched alkanes of at least 4 members (excludes halogenated alkanes) is 9. The third-order valence-electron chi connectivity index (χ3n) is 12.2. The maximum Gasteiger partial charge on any atom is 0.305 e. The molecule has 0 saturated heterocycles. The molecule has 0 aliphatic carbocycles. The number of benzene rings is 1. The van der Waals surface area contributed by atoms with E-state index in [0.29, 0.717) is 6.42 Å². The van der Waals surface area contributed by atoms with Gasteiger partial charge in [-0.15, -0.1) is 0 Å². The van der Waals surface area contributed by atoms with Crippen LogP contribution in [0.25, 0.3) is 0 Å². The highest BCUT2D eigenvalue weighted by molar-refractivity contribution is 7.85. The molecule has 0 bridgehead atoms. The van der Waals surface area contributed by atoms with Gasteiger partial charge in [-0.25, -0.2) is 0 Å². The molecule has 0 saturated carbocycles. The average Bonchev–Trinajstić information content (AvgIpc) is 3.37. The first-order valence-electron chi connectivity index (χ1n) is 26.5. The topological polar surface area (TPSA) is 434 Å². The first kappa shape index (κ1) is 69.8.